The lowest BCUT2D eigenvalue weighted by Crippen LogP contribution is -2.45. The molecule has 1 N–H and O–H groups in total. The first kappa shape index (κ1) is 16.2. The quantitative estimate of drug-likeness (QED) is 0.920. The van der Waals surface area contributed by atoms with Crippen LogP contribution in [0, 0.1) is 11.6 Å². The fraction of sp³-hybridized carbons (Fsp3) is 0.412. The zero-order chi connectivity index (χ0) is 17.3. The first-order chi connectivity index (χ1) is 12.2. The lowest BCUT2D eigenvalue weighted by Gasteiger charge is -2.38. The molecule has 0 aliphatic carbocycles. The number of hydrogen-bond donors (Lipinski definition) is 1. The number of hydrogen-bond acceptors (Lipinski definition) is 6. The lowest BCUT2D eigenvalue weighted by molar-refractivity contribution is -0.169. The number of ether oxygens (including phenoxy) is 2. The maximum atomic E-state index is 13.8. The number of rotatable bonds is 3. The number of aromatic nitrogens is 2. The van der Waals surface area contributed by atoms with Gasteiger partial charge in [0.15, 0.2) is 5.79 Å². The molecule has 2 aliphatic heterocycles. The molecule has 0 radical (unpaired) electrons. The third-order valence-electron chi connectivity index (χ3n) is 4.50. The molecule has 1 aromatic heterocycles. The van der Waals surface area contributed by atoms with E-state index in [1.165, 1.54) is 18.2 Å². The molecule has 3 heterocycles. The Morgan fingerprint density at radius 2 is 1.72 bits per heavy atom. The zero-order valence-electron chi connectivity index (χ0n) is 13.5. The normalized spacial score (nSPS) is 19.4. The van der Waals surface area contributed by atoms with E-state index in [2.05, 4.69) is 20.2 Å². The fourth-order valence-corrected chi connectivity index (χ4v) is 3.18. The summed E-state index contributed by atoms with van der Waals surface area (Å²) in [4.78, 5) is 10.5. The Balaban J connectivity index is 1.48. The molecule has 1 spiro atoms. The molecule has 4 rings (SSSR count). The molecule has 0 bridgehead atoms. The van der Waals surface area contributed by atoms with Crippen LogP contribution in [0.1, 0.15) is 12.8 Å². The molecular weight excluding hydrogens is 330 g/mol. The van der Waals surface area contributed by atoms with Crippen LogP contribution in [0.5, 0.6) is 0 Å². The van der Waals surface area contributed by atoms with E-state index < -0.39 is 17.4 Å². The van der Waals surface area contributed by atoms with Crippen LogP contribution in [0.4, 0.5) is 26.2 Å². The first-order valence-corrected chi connectivity index (χ1v) is 8.22. The van der Waals surface area contributed by atoms with E-state index >= 15 is 0 Å². The van der Waals surface area contributed by atoms with Gasteiger partial charge in [0.25, 0.3) is 0 Å². The topological polar surface area (TPSA) is 59.5 Å². The largest absolute Gasteiger partial charge is 0.356 e. The predicted octanol–water partition coefficient (Wildman–Crippen LogP) is 2.84. The average molecular weight is 348 g/mol. The molecule has 1 aromatic carbocycles. The van der Waals surface area contributed by atoms with Crippen LogP contribution in [-0.4, -0.2) is 42.1 Å². The van der Waals surface area contributed by atoms with E-state index in [0.717, 1.165) is 25.9 Å². The van der Waals surface area contributed by atoms with Crippen molar-refractivity contribution in [3.05, 3.63) is 42.1 Å². The minimum atomic E-state index is -0.690. The molecule has 2 aliphatic rings. The SMILES string of the molecule is Fc1cccc(F)c1Nc1nccc(N2CCC3(CC2)OCCO3)n1. The smallest absolute Gasteiger partial charge is 0.229 e. The summed E-state index contributed by atoms with van der Waals surface area (Å²) >= 11 is 0. The Morgan fingerprint density at radius 1 is 1.04 bits per heavy atom. The number of piperidine rings is 1. The Hall–Kier alpha value is -2.32. The monoisotopic (exact) mass is 348 g/mol. The van der Waals surface area contributed by atoms with Crippen molar-refractivity contribution in [1.29, 1.82) is 0 Å². The minimum Gasteiger partial charge on any atom is -0.356 e. The molecule has 0 amide bonds. The van der Waals surface area contributed by atoms with Gasteiger partial charge in [0.2, 0.25) is 5.95 Å². The van der Waals surface area contributed by atoms with Crippen LogP contribution < -0.4 is 10.2 Å². The number of benzene rings is 1. The van der Waals surface area contributed by atoms with Gasteiger partial charge in [-0.05, 0) is 18.2 Å². The molecule has 2 aromatic rings. The van der Waals surface area contributed by atoms with Crippen LogP contribution in [0.2, 0.25) is 0 Å². The maximum Gasteiger partial charge on any atom is 0.229 e. The molecule has 0 atom stereocenters. The molecule has 25 heavy (non-hydrogen) atoms. The van der Waals surface area contributed by atoms with Crippen LogP contribution >= 0.6 is 0 Å². The number of anilines is 3. The number of halogens is 2. The summed E-state index contributed by atoms with van der Waals surface area (Å²) in [5, 5.41) is 2.62. The second-order valence-corrected chi connectivity index (χ2v) is 6.05. The molecular formula is C17H18F2N4O2. The average Bonchev–Trinajstić information content (AvgIpc) is 3.07. The highest BCUT2D eigenvalue weighted by atomic mass is 19.1. The first-order valence-electron chi connectivity index (χ1n) is 8.22. The molecule has 0 saturated carbocycles. The van der Waals surface area contributed by atoms with Crippen molar-refractivity contribution < 1.29 is 18.3 Å². The molecule has 132 valence electrons. The van der Waals surface area contributed by atoms with Gasteiger partial charge in [-0.1, -0.05) is 6.07 Å². The minimum absolute atomic E-state index is 0.148. The summed E-state index contributed by atoms with van der Waals surface area (Å²) in [6, 6.07) is 5.45. The molecule has 2 saturated heterocycles. The number of nitrogens with one attached hydrogen (secondary N) is 1. The van der Waals surface area contributed by atoms with Crippen molar-refractivity contribution in [3.8, 4) is 0 Å². The standard InChI is InChI=1S/C17H18F2N4O2/c18-12-2-1-3-13(19)15(12)22-16-20-7-4-14(21-16)23-8-5-17(6-9-23)24-10-11-25-17/h1-4,7H,5-6,8-11H2,(H,20,21,22). The lowest BCUT2D eigenvalue weighted by atomic mass is 10.0. The maximum absolute atomic E-state index is 13.8. The Morgan fingerprint density at radius 3 is 2.40 bits per heavy atom. The van der Waals surface area contributed by atoms with Crippen molar-refractivity contribution in [3.63, 3.8) is 0 Å². The highest BCUT2D eigenvalue weighted by Gasteiger charge is 2.40. The summed E-state index contributed by atoms with van der Waals surface area (Å²) in [6.45, 7) is 2.72. The Bertz CT molecular complexity index is 738. The van der Waals surface area contributed by atoms with Gasteiger partial charge in [0, 0.05) is 32.1 Å². The van der Waals surface area contributed by atoms with E-state index in [-0.39, 0.29) is 11.6 Å². The third-order valence-corrected chi connectivity index (χ3v) is 4.50. The van der Waals surface area contributed by atoms with Gasteiger partial charge in [-0.25, -0.2) is 13.8 Å². The van der Waals surface area contributed by atoms with E-state index in [4.69, 9.17) is 9.47 Å². The van der Waals surface area contributed by atoms with Crippen LogP contribution in [0.25, 0.3) is 0 Å². The van der Waals surface area contributed by atoms with Crippen molar-refractivity contribution >= 4 is 17.5 Å². The Kier molecular flexibility index (Phi) is 4.22. The van der Waals surface area contributed by atoms with Crippen molar-refractivity contribution in [2.24, 2.45) is 0 Å². The van der Waals surface area contributed by atoms with E-state index in [1.807, 2.05) is 0 Å². The second kappa shape index (κ2) is 6.53. The van der Waals surface area contributed by atoms with Gasteiger partial charge in [-0.15, -0.1) is 0 Å². The number of para-hydroxylation sites is 1. The van der Waals surface area contributed by atoms with Crippen molar-refractivity contribution in [1.82, 2.24) is 9.97 Å². The van der Waals surface area contributed by atoms with Crippen LogP contribution in [-0.2, 0) is 9.47 Å². The van der Waals surface area contributed by atoms with Gasteiger partial charge in [0.1, 0.15) is 23.1 Å². The third kappa shape index (κ3) is 3.27. The van der Waals surface area contributed by atoms with Gasteiger partial charge in [-0.2, -0.15) is 4.98 Å². The highest BCUT2D eigenvalue weighted by molar-refractivity contribution is 5.56. The Labute approximate surface area is 143 Å². The van der Waals surface area contributed by atoms with E-state index in [1.54, 1.807) is 12.3 Å². The van der Waals surface area contributed by atoms with Gasteiger partial charge >= 0.3 is 0 Å². The fourth-order valence-electron chi connectivity index (χ4n) is 3.18. The van der Waals surface area contributed by atoms with E-state index in [0.29, 0.717) is 19.0 Å². The van der Waals surface area contributed by atoms with Gasteiger partial charge < -0.3 is 19.7 Å². The summed E-state index contributed by atoms with van der Waals surface area (Å²) in [6.07, 6.45) is 3.07. The van der Waals surface area contributed by atoms with Crippen molar-refractivity contribution in [2.75, 3.05) is 36.5 Å². The van der Waals surface area contributed by atoms with Gasteiger partial charge in [0.05, 0.1) is 13.2 Å². The molecule has 2 fully saturated rings. The second-order valence-electron chi connectivity index (χ2n) is 6.05. The number of nitrogens with zero attached hydrogens (tertiary/aromatic N) is 3. The summed E-state index contributed by atoms with van der Waals surface area (Å²) < 4.78 is 39.0. The zero-order valence-corrected chi connectivity index (χ0v) is 13.5. The summed E-state index contributed by atoms with van der Waals surface area (Å²) in [5.41, 5.74) is -0.259. The highest BCUT2D eigenvalue weighted by Crippen LogP contribution is 2.33. The van der Waals surface area contributed by atoms with Crippen LogP contribution in [0.3, 0.4) is 0 Å². The van der Waals surface area contributed by atoms with Crippen molar-refractivity contribution in [2.45, 2.75) is 18.6 Å². The predicted molar refractivity (Wildman–Crippen MR) is 87.8 cm³/mol. The summed E-state index contributed by atoms with van der Waals surface area (Å²) in [7, 11) is 0. The van der Waals surface area contributed by atoms with Crippen LogP contribution in [0.15, 0.2) is 30.5 Å². The molecule has 6 nitrogen and oxygen atoms in total. The van der Waals surface area contributed by atoms with E-state index in [9.17, 15) is 8.78 Å². The van der Waals surface area contributed by atoms with Gasteiger partial charge in [-0.3, -0.25) is 0 Å². The summed E-state index contributed by atoms with van der Waals surface area (Å²) in [5.74, 6) is -0.993. The molecule has 0 unspecified atom stereocenters. The molecule has 8 heteroatoms.